The van der Waals surface area contributed by atoms with E-state index in [1.54, 1.807) is 30.7 Å². The molecule has 0 radical (unpaired) electrons. The summed E-state index contributed by atoms with van der Waals surface area (Å²) < 4.78 is 11.7. The van der Waals surface area contributed by atoms with Gasteiger partial charge in [-0.1, -0.05) is 0 Å². The predicted octanol–water partition coefficient (Wildman–Crippen LogP) is 1.58. The van der Waals surface area contributed by atoms with Gasteiger partial charge in [0, 0.05) is 57.7 Å². The zero-order chi connectivity index (χ0) is 26.1. The molecular weight excluding hydrogens is 488 g/mol. The number of furan rings is 1. The number of esters is 1. The average Bonchev–Trinajstić information content (AvgIpc) is 3.64. The highest BCUT2D eigenvalue weighted by atomic mass is 16.5. The van der Waals surface area contributed by atoms with Crippen LogP contribution in [0.3, 0.4) is 0 Å². The molecule has 2 N–H and O–H groups in total. The number of nitrogens with zero attached hydrogens (tertiary/aromatic N) is 9. The van der Waals surface area contributed by atoms with Crippen LogP contribution < -0.4 is 15.5 Å². The van der Waals surface area contributed by atoms with Crippen molar-refractivity contribution < 1.29 is 13.9 Å². The van der Waals surface area contributed by atoms with E-state index in [0.717, 1.165) is 64.3 Å². The number of anilines is 3. The Morgan fingerprint density at radius 2 is 2.00 bits per heavy atom. The second-order valence-corrected chi connectivity index (χ2v) is 9.64. The molecule has 0 bridgehead atoms. The third kappa shape index (κ3) is 4.84. The monoisotopic (exact) mass is 518 g/mol. The van der Waals surface area contributed by atoms with Crippen LogP contribution in [0.2, 0.25) is 0 Å². The van der Waals surface area contributed by atoms with Crippen LogP contribution >= 0.6 is 0 Å². The largest absolute Gasteiger partial charge is 0.464 e. The van der Waals surface area contributed by atoms with E-state index < -0.39 is 5.97 Å². The lowest BCUT2D eigenvalue weighted by Gasteiger charge is -2.40. The van der Waals surface area contributed by atoms with E-state index in [-0.39, 0.29) is 5.95 Å². The van der Waals surface area contributed by atoms with Gasteiger partial charge in [-0.2, -0.15) is 19.5 Å². The maximum atomic E-state index is 11.8. The number of methoxy groups -OCH3 is 1. The maximum Gasteiger partial charge on any atom is 0.356 e. The number of pyridine rings is 1. The van der Waals surface area contributed by atoms with Gasteiger partial charge < -0.3 is 24.7 Å². The molecule has 38 heavy (non-hydrogen) atoms. The molecule has 2 saturated heterocycles. The fourth-order valence-corrected chi connectivity index (χ4v) is 5.23. The first kappa shape index (κ1) is 24.1. The smallest absolute Gasteiger partial charge is 0.356 e. The summed E-state index contributed by atoms with van der Waals surface area (Å²) in [4.78, 5) is 36.7. The Bertz CT molecular complexity index is 1410. The summed E-state index contributed by atoms with van der Waals surface area (Å²) in [6.45, 7) is 6.45. The van der Waals surface area contributed by atoms with E-state index in [1.165, 1.54) is 11.6 Å². The lowest BCUT2D eigenvalue weighted by molar-refractivity contribution is 0.0594. The van der Waals surface area contributed by atoms with Crippen LogP contribution in [0.5, 0.6) is 0 Å². The first-order chi connectivity index (χ1) is 18.6. The standard InChI is InChI=1S/C25H30N10O3/c1-37-22(36)19-14-18(6-7-27-19)33-11-9-32(10-12-33)15-17-4-2-8-34(16-17)24-29-23(26)35-25(30-24)28-21(31-35)20-5-3-13-38-20/h3,5-7,13-14,17H,2,4,8-12,15-16H2,1H3,(H2,26,28,29,30,31). The SMILES string of the molecule is COC(=O)c1cc(N2CCN(CC3CCCN(c4nc(N)n5nc(-c6ccco6)nc5n4)C3)CC2)ccn1. The van der Waals surface area contributed by atoms with Crippen LogP contribution in [0.4, 0.5) is 17.6 Å². The Hall–Kier alpha value is -4.26. The van der Waals surface area contributed by atoms with E-state index in [4.69, 9.17) is 14.9 Å². The number of carbonyl (C=O) groups excluding carboxylic acids is 1. The van der Waals surface area contributed by atoms with Gasteiger partial charge in [0.05, 0.1) is 13.4 Å². The minimum absolute atomic E-state index is 0.250. The average molecular weight is 519 g/mol. The highest BCUT2D eigenvalue weighted by Crippen LogP contribution is 2.25. The first-order valence-electron chi connectivity index (χ1n) is 12.8. The summed E-state index contributed by atoms with van der Waals surface area (Å²) in [5.41, 5.74) is 7.55. The van der Waals surface area contributed by atoms with Crippen LogP contribution in [0.15, 0.2) is 41.1 Å². The second kappa shape index (κ2) is 10.2. The van der Waals surface area contributed by atoms with Gasteiger partial charge in [-0.15, -0.1) is 5.10 Å². The van der Waals surface area contributed by atoms with E-state index in [1.807, 2.05) is 6.07 Å². The molecule has 13 heteroatoms. The molecule has 4 aromatic rings. The summed E-state index contributed by atoms with van der Waals surface area (Å²) in [6, 6.07) is 7.33. The minimum atomic E-state index is -0.417. The van der Waals surface area contributed by atoms with Crippen molar-refractivity contribution in [2.24, 2.45) is 5.92 Å². The van der Waals surface area contributed by atoms with Gasteiger partial charge >= 0.3 is 5.97 Å². The third-order valence-electron chi connectivity index (χ3n) is 7.16. The second-order valence-electron chi connectivity index (χ2n) is 9.64. The number of hydrogen-bond donors (Lipinski definition) is 1. The highest BCUT2D eigenvalue weighted by Gasteiger charge is 2.27. The molecule has 2 aliphatic rings. The molecule has 1 atom stereocenters. The molecule has 198 valence electrons. The Kier molecular flexibility index (Phi) is 6.50. The van der Waals surface area contributed by atoms with Crippen LogP contribution in [0, 0.1) is 5.92 Å². The molecule has 0 spiro atoms. The Morgan fingerprint density at radius 3 is 2.79 bits per heavy atom. The predicted molar refractivity (Wildman–Crippen MR) is 140 cm³/mol. The van der Waals surface area contributed by atoms with Gasteiger partial charge in [0.2, 0.25) is 17.7 Å². The van der Waals surface area contributed by atoms with Crippen LogP contribution in [0.25, 0.3) is 17.4 Å². The molecule has 6 heterocycles. The number of piperazine rings is 1. The van der Waals surface area contributed by atoms with Gasteiger partial charge in [0.25, 0.3) is 5.78 Å². The Labute approximate surface area is 219 Å². The molecular formula is C25H30N10O3. The summed E-state index contributed by atoms with van der Waals surface area (Å²) in [7, 11) is 1.37. The first-order valence-corrected chi connectivity index (χ1v) is 12.8. The number of fused-ring (bicyclic) bond motifs is 1. The normalized spacial score (nSPS) is 18.7. The molecule has 0 amide bonds. The van der Waals surface area contributed by atoms with Gasteiger partial charge in [-0.3, -0.25) is 4.90 Å². The molecule has 0 aliphatic carbocycles. The van der Waals surface area contributed by atoms with E-state index >= 15 is 0 Å². The Balaban J connectivity index is 1.08. The van der Waals surface area contributed by atoms with Gasteiger partial charge in [-0.25, -0.2) is 9.78 Å². The van der Waals surface area contributed by atoms with Crippen LogP contribution in [-0.4, -0.2) is 93.3 Å². The van der Waals surface area contributed by atoms with E-state index in [9.17, 15) is 4.79 Å². The van der Waals surface area contributed by atoms with Crippen molar-refractivity contribution in [3.63, 3.8) is 0 Å². The molecule has 13 nitrogen and oxygen atoms in total. The number of hydrogen-bond acceptors (Lipinski definition) is 12. The summed E-state index contributed by atoms with van der Waals surface area (Å²) >= 11 is 0. The van der Waals surface area contributed by atoms with Crippen molar-refractivity contribution in [3.05, 3.63) is 42.4 Å². The number of nitrogens with two attached hydrogens (primary N) is 1. The third-order valence-corrected chi connectivity index (χ3v) is 7.16. The van der Waals surface area contributed by atoms with Crippen LogP contribution in [0.1, 0.15) is 23.3 Å². The number of aromatic nitrogens is 6. The van der Waals surface area contributed by atoms with Crippen molar-refractivity contribution in [1.82, 2.24) is 34.4 Å². The summed E-state index contributed by atoms with van der Waals surface area (Å²) in [6.07, 6.45) is 5.47. The van der Waals surface area contributed by atoms with E-state index in [0.29, 0.717) is 34.9 Å². The number of nitrogen functional groups attached to an aromatic ring is 1. The molecule has 0 saturated carbocycles. The topological polar surface area (TPSA) is 144 Å². The Morgan fingerprint density at radius 1 is 1.13 bits per heavy atom. The minimum Gasteiger partial charge on any atom is -0.464 e. The number of ether oxygens (including phenoxy) is 1. The van der Waals surface area contributed by atoms with Crippen molar-refractivity contribution >= 4 is 29.3 Å². The summed E-state index contributed by atoms with van der Waals surface area (Å²) in [5.74, 6) is 2.31. The fourth-order valence-electron chi connectivity index (χ4n) is 5.23. The maximum absolute atomic E-state index is 11.8. The number of piperidine rings is 1. The van der Waals surface area contributed by atoms with Crippen molar-refractivity contribution in [2.45, 2.75) is 12.8 Å². The molecule has 2 fully saturated rings. The quantitative estimate of drug-likeness (QED) is 0.370. The van der Waals surface area contributed by atoms with Gasteiger partial charge in [0.15, 0.2) is 5.76 Å². The van der Waals surface area contributed by atoms with Crippen molar-refractivity contribution in [3.8, 4) is 11.6 Å². The van der Waals surface area contributed by atoms with Gasteiger partial charge in [-0.05, 0) is 43.0 Å². The summed E-state index contributed by atoms with van der Waals surface area (Å²) in [5, 5.41) is 4.39. The van der Waals surface area contributed by atoms with Gasteiger partial charge in [0.1, 0.15) is 5.69 Å². The number of carbonyl (C=O) groups is 1. The molecule has 1 unspecified atom stereocenters. The lowest BCUT2D eigenvalue weighted by Crippen LogP contribution is -2.50. The molecule has 6 rings (SSSR count). The molecule has 0 aromatic carbocycles. The van der Waals surface area contributed by atoms with Crippen molar-refractivity contribution in [1.29, 1.82) is 0 Å². The zero-order valence-corrected chi connectivity index (χ0v) is 21.2. The van der Waals surface area contributed by atoms with E-state index in [2.05, 4.69) is 39.7 Å². The fraction of sp³-hybridized carbons (Fsp3) is 0.440. The van der Waals surface area contributed by atoms with Crippen LogP contribution in [-0.2, 0) is 4.74 Å². The zero-order valence-electron chi connectivity index (χ0n) is 21.2. The van der Waals surface area contributed by atoms with Crippen molar-refractivity contribution in [2.75, 3.05) is 68.5 Å². The molecule has 4 aromatic heterocycles. The lowest BCUT2D eigenvalue weighted by atomic mass is 9.97. The highest BCUT2D eigenvalue weighted by molar-refractivity contribution is 5.88. The molecule has 2 aliphatic heterocycles. The number of rotatable bonds is 6.